The number of hydrogen-bond donors (Lipinski definition) is 3. The van der Waals surface area contributed by atoms with Crippen molar-refractivity contribution in [3.05, 3.63) is 81.4 Å². The fourth-order valence-electron chi connectivity index (χ4n) is 3.81. The molecule has 166 valence electrons. The van der Waals surface area contributed by atoms with E-state index in [1.54, 1.807) is 24.5 Å². The van der Waals surface area contributed by atoms with Crippen LogP contribution in [0.25, 0.3) is 22.1 Å². The van der Waals surface area contributed by atoms with E-state index in [2.05, 4.69) is 30.7 Å². The average molecular weight is 461 g/mol. The van der Waals surface area contributed by atoms with Crippen LogP contribution in [0.5, 0.6) is 0 Å². The lowest BCUT2D eigenvalue weighted by Crippen LogP contribution is -2.33. The van der Waals surface area contributed by atoms with Crippen LogP contribution in [0.15, 0.2) is 53.8 Å². The number of nitrogens with zero attached hydrogens (tertiary/aromatic N) is 5. The van der Waals surface area contributed by atoms with Gasteiger partial charge < -0.3 is 10.3 Å². The van der Waals surface area contributed by atoms with Crippen LogP contribution < -0.4 is 16.3 Å². The van der Waals surface area contributed by atoms with Crippen molar-refractivity contribution in [3.8, 4) is 0 Å². The van der Waals surface area contributed by atoms with Crippen LogP contribution in [0.4, 0.5) is 11.5 Å². The van der Waals surface area contributed by atoms with Gasteiger partial charge in [-0.05, 0) is 44.5 Å². The number of nitrogens with one attached hydrogen (secondary N) is 3. The predicted molar refractivity (Wildman–Crippen MR) is 130 cm³/mol. The molecule has 33 heavy (non-hydrogen) atoms. The minimum atomic E-state index is -0.402. The van der Waals surface area contributed by atoms with E-state index in [9.17, 15) is 4.79 Å². The summed E-state index contributed by atoms with van der Waals surface area (Å²) in [4.78, 5) is 34.1. The molecule has 9 nitrogen and oxygen atoms in total. The molecule has 0 aliphatic heterocycles. The lowest BCUT2D eigenvalue weighted by molar-refractivity contribution is 0.701. The molecule has 0 radical (unpaired) electrons. The van der Waals surface area contributed by atoms with Crippen molar-refractivity contribution in [3.63, 3.8) is 0 Å². The van der Waals surface area contributed by atoms with Gasteiger partial charge in [-0.3, -0.25) is 10.2 Å². The number of anilines is 2. The Balaban J connectivity index is 1.65. The van der Waals surface area contributed by atoms with Gasteiger partial charge in [-0.1, -0.05) is 35.4 Å². The highest BCUT2D eigenvalue weighted by Crippen LogP contribution is 2.25. The van der Waals surface area contributed by atoms with Crippen LogP contribution in [-0.2, 0) is 0 Å². The van der Waals surface area contributed by atoms with Crippen molar-refractivity contribution in [1.29, 1.82) is 0 Å². The summed E-state index contributed by atoms with van der Waals surface area (Å²) in [5, 5.41) is 4.03. The van der Waals surface area contributed by atoms with Gasteiger partial charge in [0.15, 0.2) is 17.3 Å². The van der Waals surface area contributed by atoms with E-state index in [0.717, 1.165) is 16.8 Å². The predicted octanol–water partition coefficient (Wildman–Crippen LogP) is 4.38. The van der Waals surface area contributed by atoms with Gasteiger partial charge in [-0.2, -0.15) is 0 Å². The van der Waals surface area contributed by atoms with Crippen molar-refractivity contribution in [2.24, 2.45) is 0 Å². The number of aryl methyl sites for hydroxylation is 2. The van der Waals surface area contributed by atoms with Gasteiger partial charge in [0.2, 0.25) is 0 Å². The minimum Gasteiger partial charge on any atom is -0.358 e. The Bertz CT molecular complexity index is 1560. The number of halogens is 1. The van der Waals surface area contributed by atoms with Gasteiger partial charge >= 0.3 is 0 Å². The molecule has 2 aromatic carbocycles. The van der Waals surface area contributed by atoms with E-state index >= 15 is 0 Å². The first-order valence-corrected chi connectivity index (χ1v) is 10.8. The van der Waals surface area contributed by atoms with E-state index in [1.807, 2.05) is 39.0 Å². The van der Waals surface area contributed by atoms with Crippen LogP contribution in [0.2, 0.25) is 5.02 Å². The first-order valence-electron chi connectivity index (χ1n) is 10.4. The zero-order chi connectivity index (χ0) is 23.1. The van der Waals surface area contributed by atoms with Crippen LogP contribution in [-0.4, -0.2) is 29.6 Å². The number of benzene rings is 2. The molecular formula is C23H21ClN8O. The molecule has 0 amide bonds. The van der Waals surface area contributed by atoms with E-state index in [1.165, 1.54) is 11.0 Å². The Kier molecular flexibility index (Phi) is 5.18. The highest BCUT2D eigenvalue weighted by Gasteiger charge is 2.20. The zero-order valence-electron chi connectivity index (χ0n) is 18.2. The monoisotopic (exact) mass is 460 g/mol. The summed E-state index contributed by atoms with van der Waals surface area (Å²) in [6.45, 7) is 5.91. The molecule has 0 fully saturated rings. The number of H-pyrrole nitrogens is 1. The summed E-state index contributed by atoms with van der Waals surface area (Å²) < 4.78 is 1.44. The molecule has 0 saturated heterocycles. The lowest BCUT2D eigenvalue weighted by atomic mass is 10.1. The standard InChI is InChI=1S/C23H21ClN8O/c1-12-7-8-16(13(2)9-12)31-32-22(30-17-6-4-5-15(24)18(17)23(32)33)14(3)29-21-19-20(26-10-25-19)27-11-28-21/h4-11,14,31H,1-3H3,(H2,25,26,27,28,29). The Morgan fingerprint density at radius 1 is 1.12 bits per heavy atom. The first kappa shape index (κ1) is 20.9. The number of hydrogen-bond acceptors (Lipinski definition) is 7. The highest BCUT2D eigenvalue weighted by molar-refractivity contribution is 6.35. The molecule has 1 atom stereocenters. The van der Waals surface area contributed by atoms with Crippen molar-refractivity contribution in [1.82, 2.24) is 29.6 Å². The summed E-state index contributed by atoms with van der Waals surface area (Å²) in [5.74, 6) is 1.03. The van der Waals surface area contributed by atoms with E-state index in [0.29, 0.717) is 38.7 Å². The maximum absolute atomic E-state index is 13.6. The molecule has 0 saturated carbocycles. The van der Waals surface area contributed by atoms with Crippen LogP contribution in [0.3, 0.4) is 0 Å². The second-order valence-corrected chi connectivity index (χ2v) is 8.27. The number of aromatic amines is 1. The molecule has 5 rings (SSSR count). The lowest BCUT2D eigenvalue weighted by Gasteiger charge is -2.22. The van der Waals surface area contributed by atoms with Gasteiger partial charge in [-0.15, -0.1) is 0 Å². The molecule has 0 aliphatic carbocycles. The summed E-state index contributed by atoms with van der Waals surface area (Å²) in [6, 6.07) is 10.8. The largest absolute Gasteiger partial charge is 0.358 e. The molecule has 0 aliphatic rings. The fourth-order valence-corrected chi connectivity index (χ4v) is 4.06. The molecule has 0 bridgehead atoms. The fraction of sp³-hybridized carbons (Fsp3) is 0.174. The third-order valence-corrected chi connectivity index (χ3v) is 5.77. The van der Waals surface area contributed by atoms with Gasteiger partial charge in [0.1, 0.15) is 11.8 Å². The van der Waals surface area contributed by atoms with E-state index < -0.39 is 6.04 Å². The van der Waals surface area contributed by atoms with Gasteiger partial charge in [0.05, 0.1) is 34.0 Å². The molecule has 3 N–H and O–H groups in total. The molecule has 10 heteroatoms. The maximum Gasteiger partial charge on any atom is 0.281 e. The quantitative estimate of drug-likeness (QED) is 0.356. The Morgan fingerprint density at radius 2 is 1.97 bits per heavy atom. The van der Waals surface area contributed by atoms with Gasteiger partial charge in [-0.25, -0.2) is 24.6 Å². The topological polar surface area (TPSA) is 113 Å². The molecule has 0 spiro atoms. The second kappa shape index (κ2) is 8.18. The van der Waals surface area contributed by atoms with Crippen molar-refractivity contribution in [2.45, 2.75) is 26.8 Å². The maximum atomic E-state index is 13.6. The van der Waals surface area contributed by atoms with Crippen molar-refractivity contribution >= 4 is 45.2 Å². The molecular weight excluding hydrogens is 440 g/mol. The van der Waals surface area contributed by atoms with Crippen LogP contribution >= 0.6 is 11.6 Å². The molecule has 3 aromatic heterocycles. The number of rotatable bonds is 5. The summed E-state index contributed by atoms with van der Waals surface area (Å²) in [6.07, 6.45) is 3.00. The summed E-state index contributed by atoms with van der Waals surface area (Å²) in [7, 11) is 0. The highest BCUT2D eigenvalue weighted by atomic mass is 35.5. The van der Waals surface area contributed by atoms with Crippen LogP contribution in [0, 0.1) is 13.8 Å². The second-order valence-electron chi connectivity index (χ2n) is 7.86. The summed E-state index contributed by atoms with van der Waals surface area (Å²) >= 11 is 6.38. The number of aromatic nitrogens is 6. The summed E-state index contributed by atoms with van der Waals surface area (Å²) in [5.41, 5.74) is 7.62. The Labute approximate surface area is 193 Å². The van der Waals surface area contributed by atoms with Crippen LogP contribution in [0.1, 0.15) is 29.9 Å². The molecule has 5 aromatic rings. The van der Waals surface area contributed by atoms with Crippen molar-refractivity contribution in [2.75, 3.05) is 10.7 Å². The SMILES string of the molecule is Cc1ccc(Nn2c(C(C)Nc3ncnc4nc[nH]c34)nc3cccc(Cl)c3c2=O)c(C)c1. The molecule has 1 unspecified atom stereocenters. The minimum absolute atomic E-state index is 0.288. The first-order chi connectivity index (χ1) is 15.9. The Morgan fingerprint density at radius 3 is 2.79 bits per heavy atom. The van der Waals surface area contributed by atoms with Crippen molar-refractivity contribution < 1.29 is 0 Å². The average Bonchev–Trinajstić information content (AvgIpc) is 3.27. The Hall–Kier alpha value is -3.98. The number of fused-ring (bicyclic) bond motifs is 2. The smallest absolute Gasteiger partial charge is 0.281 e. The van der Waals surface area contributed by atoms with E-state index in [4.69, 9.17) is 16.6 Å². The molecule has 3 heterocycles. The third-order valence-electron chi connectivity index (χ3n) is 5.45. The van der Waals surface area contributed by atoms with E-state index in [-0.39, 0.29) is 5.56 Å². The van der Waals surface area contributed by atoms with Gasteiger partial charge in [0.25, 0.3) is 5.56 Å². The third kappa shape index (κ3) is 3.76. The zero-order valence-corrected chi connectivity index (χ0v) is 19.0. The van der Waals surface area contributed by atoms with Gasteiger partial charge in [0, 0.05) is 0 Å². The number of imidazole rings is 1. The normalized spacial score (nSPS) is 12.2.